The van der Waals surface area contributed by atoms with Crippen LogP contribution in [0.15, 0.2) is 53.7 Å². The average molecular weight is 447 g/mol. The van der Waals surface area contributed by atoms with Crippen LogP contribution in [0, 0.1) is 0 Å². The molecule has 1 saturated carbocycles. The second-order valence-corrected chi connectivity index (χ2v) is 9.94. The van der Waals surface area contributed by atoms with Gasteiger partial charge in [0.2, 0.25) is 5.91 Å². The van der Waals surface area contributed by atoms with E-state index in [9.17, 15) is 4.79 Å². The van der Waals surface area contributed by atoms with Gasteiger partial charge in [-0.05, 0) is 67.7 Å². The molecule has 0 spiro atoms. The van der Waals surface area contributed by atoms with Crippen molar-refractivity contribution in [3.63, 3.8) is 0 Å². The molecule has 1 aromatic heterocycles. The number of fused-ring (bicyclic) bond motifs is 1. The van der Waals surface area contributed by atoms with Gasteiger partial charge >= 0.3 is 0 Å². The largest absolute Gasteiger partial charge is 0.349 e. The Kier molecular flexibility index (Phi) is 6.30. The zero-order valence-electron chi connectivity index (χ0n) is 18.6. The molecule has 5 nitrogen and oxygen atoms in total. The summed E-state index contributed by atoms with van der Waals surface area (Å²) in [6.45, 7) is 2.81. The van der Waals surface area contributed by atoms with E-state index in [1.54, 1.807) is 0 Å². The Morgan fingerprint density at radius 2 is 1.88 bits per heavy atom. The van der Waals surface area contributed by atoms with Crippen LogP contribution in [-0.2, 0) is 24.2 Å². The molecule has 1 atom stereocenters. The number of amides is 1. The molecule has 2 aromatic carbocycles. The Morgan fingerprint density at radius 1 is 1.09 bits per heavy atom. The molecule has 2 aliphatic rings. The van der Waals surface area contributed by atoms with E-state index in [-0.39, 0.29) is 11.9 Å². The summed E-state index contributed by atoms with van der Waals surface area (Å²) in [7, 11) is 0. The number of hydrogen-bond donors (Lipinski definition) is 1. The minimum absolute atomic E-state index is 0.000426. The van der Waals surface area contributed by atoms with Gasteiger partial charge in [0.25, 0.3) is 0 Å². The first-order valence-corrected chi connectivity index (χ1v) is 12.7. The van der Waals surface area contributed by atoms with Crippen LogP contribution < -0.4 is 5.32 Å². The highest BCUT2D eigenvalue weighted by Crippen LogP contribution is 2.40. The van der Waals surface area contributed by atoms with Crippen LogP contribution in [0.1, 0.15) is 72.6 Å². The summed E-state index contributed by atoms with van der Waals surface area (Å²) in [5, 5.41) is 12.9. The van der Waals surface area contributed by atoms with Crippen LogP contribution in [-0.4, -0.2) is 26.4 Å². The maximum absolute atomic E-state index is 12.7. The van der Waals surface area contributed by atoms with Crippen molar-refractivity contribution < 1.29 is 4.79 Å². The molecule has 1 fully saturated rings. The molecule has 0 aliphatic heterocycles. The number of carbonyl (C=O) groups is 1. The molecule has 166 valence electrons. The molecule has 0 radical (unpaired) electrons. The zero-order chi connectivity index (χ0) is 21.9. The predicted octanol–water partition coefficient (Wildman–Crippen LogP) is 5.05. The smallest absolute Gasteiger partial charge is 0.230 e. The number of carbonyl (C=O) groups excluding carboxylic acids is 1. The van der Waals surface area contributed by atoms with E-state index in [1.165, 1.54) is 66.1 Å². The van der Waals surface area contributed by atoms with Crippen LogP contribution in [0.5, 0.6) is 0 Å². The number of nitrogens with zero attached hydrogens (tertiary/aromatic N) is 3. The maximum atomic E-state index is 12.7. The van der Waals surface area contributed by atoms with E-state index in [2.05, 4.69) is 69.5 Å². The van der Waals surface area contributed by atoms with E-state index < -0.39 is 0 Å². The van der Waals surface area contributed by atoms with Crippen molar-refractivity contribution >= 4 is 17.7 Å². The van der Waals surface area contributed by atoms with Gasteiger partial charge in [0.1, 0.15) is 5.82 Å². The lowest BCUT2D eigenvalue weighted by molar-refractivity contribution is -0.119. The molecule has 0 bridgehead atoms. The van der Waals surface area contributed by atoms with Gasteiger partial charge < -0.3 is 9.88 Å². The highest BCUT2D eigenvalue weighted by Gasteiger charge is 2.30. The molecule has 6 heteroatoms. The number of aromatic nitrogens is 3. The molecular formula is C26H30N4OS. The molecule has 0 unspecified atom stereocenters. The fraction of sp³-hybridized carbons (Fsp3) is 0.423. The quantitative estimate of drug-likeness (QED) is 0.492. The number of hydrogen-bond acceptors (Lipinski definition) is 4. The number of benzene rings is 2. The molecule has 3 aromatic rings. The third-order valence-electron chi connectivity index (χ3n) is 6.45. The summed E-state index contributed by atoms with van der Waals surface area (Å²) < 4.78 is 2.19. The third kappa shape index (κ3) is 4.90. The first-order chi connectivity index (χ1) is 15.7. The first-order valence-electron chi connectivity index (χ1n) is 11.7. The van der Waals surface area contributed by atoms with Gasteiger partial charge in [-0.2, -0.15) is 0 Å². The summed E-state index contributed by atoms with van der Waals surface area (Å²) in [4.78, 5) is 12.7. The van der Waals surface area contributed by atoms with Crippen LogP contribution in [0.25, 0.3) is 0 Å². The lowest BCUT2D eigenvalue weighted by Crippen LogP contribution is -2.28. The molecule has 0 saturated heterocycles. The molecule has 1 N–H and O–H groups in total. The summed E-state index contributed by atoms with van der Waals surface area (Å²) in [5.74, 6) is 1.94. The van der Waals surface area contributed by atoms with Gasteiger partial charge in [0.15, 0.2) is 5.16 Å². The maximum Gasteiger partial charge on any atom is 0.230 e. The second kappa shape index (κ2) is 9.49. The molecule has 2 aliphatic carbocycles. The summed E-state index contributed by atoms with van der Waals surface area (Å²) >= 11 is 1.48. The Morgan fingerprint density at radius 3 is 2.66 bits per heavy atom. The summed E-state index contributed by atoms with van der Waals surface area (Å²) in [5.41, 5.74) is 5.33. The van der Waals surface area contributed by atoms with E-state index in [0.717, 1.165) is 23.9 Å². The molecular weight excluding hydrogens is 416 g/mol. The number of nitrogens with one attached hydrogen (secondary N) is 1. The van der Waals surface area contributed by atoms with Crippen molar-refractivity contribution in [1.82, 2.24) is 20.1 Å². The van der Waals surface area contributed by atoms with Crippen LogP contribution in [0.4, 0.5) is 0 Å². The predicted molar refractivity (Wildman–Crippen MR) is 128 cm³/mol. The van der Waals surface area contributed by atoms with E-state index in [0.29, 0.717) is 11.7 Å². The van der Waals surface area contributed by atoms with Crippen molar-refractivity contribution in [1.29, 1.82) is 0 Å². The van der Waals surface area contributed by atoms with Gasteiger partial charge in [-0.1, -0.05) is 60.3 Å². The first kappa shape index (κ1) is 21.3. The van der Waals surface area contributed by atoms with Crippen molar-refractivity contribution in [2.75, 3.05) is 5.75 Å². The van der Waals surface area contributed by atoms with Gasteiger partial charge in [0.05, 0.1) is 18.3 Å². The van der Waals surface area contributed by atoms with Gasteiger partial charge in [-0.15, -0.1) is 10.2 Å². The normalized spacial score (nSPS) is 16.4. The van der Waals surface area contributed by atoms with Gasteiger partial charge in [-0.25, -0.2) is 0 Å². The molecule has 32 heavy (non-hydrogen) atoms. The Bertz CT molecular complexity index is 1090. The van der Waals surface area contributed by atoms with Crippen molar-refractivity contribution in [3.05, 3.63) is 76.6 Å². The average Bonchev–Trinajstić information content (AvgIpc) is 3.59. The molecule has 1 amide bonds. The standard InChI is InChI=1S/C26H30N4OS/c1-18(22-14-11-20-9-5-6-10-23(20)15-22)27-24(31)17-32-26-29-28-25(21-12-13-21)30(26)16-19-7-3-2-4-8-19/h2-4,7-8,11,14-15,18,21H,5-6,9-10,12-13,16-17H2,1H3,(H,27,31)/t18-/m1/s1. The number of aryl methyl sites for hydroxylation is 2. The van der Waals surface area contributed by atoms with Crippen molar-refractivity contribution in [3.8, 4) is 0 Å². The third-order valence-corrected chi connectivity index (χ3v) is 7.42. The highest BCUT2D eigenvalue weighted by atomic mass is 32.2. The minimum Gasteiger partial charge on any atom is -0.349 e. The highest BCUT2D eigenvalue weighted by molar-refractivity contribution is 7.99. The summed E-state index contributed by atoms with van der Waals surface area (Å²) in [6.07, 6.45) is 7.24. The fourth-order valence-corrected chi connectivity index (χ4v) is 5.24. The Labute approximate surface area is 194 Å². The van der Waals surface area contributed by atoms with Crippen molar-refractivity contribution in [2.24, 2.45) is 0 Å². The topological polar surface area (TPSA) is 59.8 Å². The second-order valence-electron chi connectivity index (χ2n) is 9.00. The Hall–Kier alpha value is -2.60. The monoisotopic (exact) mass is 446 g/mol. The van der Waals surface area contributed by atoms with E-state index >= 15 is 0 Å². The van der Waals surface area contributed by atoms with E-state index in [4.69, 9.17) is 0 Å². The molecule has 1 heterocycles. The minimum atomic E-state index is -0.000426. The molecule has 5 rings (SSSR count). The van der Waals surface area contributed by atoms with Crippen LogP contribution in [0.2, 0.25) is 0 Å². The van der Waals surface area contributed by atoms with Gasteiger partial charge in [-0.3, -0.25) is 4.79 Å². The number of rotatable bonds is 8. The van der Waals surface area contributed by atoms with Crippen LogP contribution >= 0.6 is 11.8 Å². The van der Waals surface area contributed by atoms with Crippen molar-refractivity contribution in [2.45, 2.75) is 69.1 Å². The Balaban J connectivity index is 1.22. The lowest BCUT2D eigenvalue weighted by Gasteiger charge is -2.20. The lowest BCUT2D eigenvalue weighted by atomic mass is 9.89. The van der Waals surface area contributed by atoms with Gasteiger partial charge in [0, 0.05) is 5.92 Å². The fourth-order valence-electron chi connectivity index (χ4n) is 4.48. The SMILES string of the molecule is C[C@@H](NC(=O)CSc1nnc(C2CC2)n1Cc1ccccc1)c1ccc2c(c1)CCCC2. The zero-order valence-corrected chi connectivity index (χ0v) is 19.4. The van der Waals surface area contributed by atoms with E-state index in [1.807, 2.05) is 6.07 Å². The van der Waals surface area contributed by atoms with Crippen LogP contribution in [0.3, 0.4) is 0 Å². The summed E-state index contributed by atoms with van der Waals surface area (Å²) in [6, 6.07) is 17.1. The number of thioether (sulfide) groups is 1.